The number of carbonyl (C=O) groups is 1. The molecule has 3 aromatic heterocycles. The van der Waals surface area contributed by atoms with E-state index in [0.717, 1.165) is 50.0 Å². The molecule has 0 bridgehead atoms. The summed E-state index contributed by atoms with van der Waals surface area (Å²) in [6.45, 7) is 0.434. The molecule has 1 aliphatic carbocycles. The van der Waals surface area contributed by atoms with Crippen LogP contribution in [0.15, 0.2) is 43.0 Å². The molecule has 4 heterocycles. The summed E-state index contributed by atoms with van der Waals surface area (Å²) in [5.41, 5.74) is 3.81. The molecule has 198 valence electrons. The van der Waals surface area contributed by atoms with Crippen LogP contribution in [0.4, 0.5) is 13.2 Å². The zero-order valence-corrected chi connectivity index (χ0v) is 20.8. The van der Waals surface area contributed by atoms with Crippen molar-refractivity contribution in [3.05, 3.63) is 65.5 Å². The standard InChI is InChI=1S/C27H27F3N6O2/c1-15-8-21(28)19(26(37)34-18-2-3-18)9-22(15)36-13-17(11-33-36)23-12-32-25-10-24(38-27(29)30)20(14-35(23)25)16-4-6-31-7-5-16/h8-14,16,18,27,31H,2-7H2,1H3,(H,34,37). The van der Waals surface area contributed by atoms with E-state index in [9.17, 15) is 18.0 Å². The molecule has 0 atom stereocenters. The van der Waals surface area contributed by atoms with Crippen molar-refractivity contribution in [2.24, 2.45) is 0 Å². The number of nitrogens with zero attached hydrogens (tertiary/aromatic N) is 4. The summed E-state index contributed by atoms with van der Waals surface area (Å²) >= 11 is 0. The predicted molar refractivity (Wildman–Crippen MR) is 134 cm³/mol. The second-order valence-corrected chi connectivity index (χ2v) is 9.91. The maximum Gasteiger partial charge on any atom is 0.387 e. The number of ether oxygens (including phenoxy) is 1. The molecule has 2 aliphatic rings. The van der Waals surface area contributed by atoms with E-state index in [0.29, 0.717) is 22.5 Å². The first-order valence-electron chi connectivity index (χ1n) is 12.7. The summed E-state index contributed by atoms with van der Waals surface area (Å²) in [6.07, 6.45) is 10.4. The fourth-order valence-corrected chi connectivity index (χ4v) is 5.03. The average molecular weight is 525 g/mol. The Labute approximate surface area is 216 Å². The van der Waals surface area contributed by atoms with Crippen molar-refractivity contribution in [1.82, 2.24) is 29.8 Å². The molecule has 1 saturated heterocycles. The van der Waals surface area contributed by atoms with Crippen molar-refractivity contribution in [1.29, 1.82) is 0 Å². The highest BCUT2D eigenvalue weighted by Crippen LogP contribution is 2.36. The minimum absolute atomic E-state index is 0.0254. The average Bonchev–Trinajstić information content (AvgIpc) is 3.40. The molecule has 11 heteroatoms. The molecule has 6 rings (SSSR count). The number of aromatic nitrogens is 4. The molecule has 2 fully saturated rings. The van der Waals surface area contributed by atoms with Crippen LogP contribution in [0.2, 0.25) is 0 Å². The number of amides is 1. The zero-order chi connectivity index (χ0) is 26.4. The zero-order valence-electron chi connectivity index (χ0n) is 20.8. The summed E-state index contributed by atoms with van der Waals surface area (Å²) in [7, 11) is 0. The number of benzene rings is 1. The number of hydrogen-bond donors (Lipinski definition) is 2. The molecule has 4 aromatic rings. The third-order valence-electron chi connectivity index (χ3n) is 7.20. The molecule has 1 saturated carbocycles. The van der Waals surface area contributed by atoms with Crippen LogP contribution in [0, 0.1) is 12.7 Å². The fraction of sp³-hybridized carbons (Fsp3) is 0.370. The first kappa shape index (κ1) is 24.5. The van der Waals surface area contributed by atoms with E-state index in [-0.39, 0.29) is 23.3 Å². The number of fused-ring (bicyclic) bond motifs is 1. The number of hydrogen-bond acceptors (Lipinski definition) is 5. The van der Waals surface area contributed by atoms with E-state index >= 15 is 0 Å². The molecule has 8 nitrogen and oxygen atoms in total. The van der Waals surface area contributed by atoms with Gasteiger partial charge in [0.2, 0.25) is 0 Å². The SMILES string of the molecule is Cc1cc(F)c(C(=O)NC2CC2)cc1-n1cc(-c2cnc3cc(OC(F)F)c(C4CCNCC4)cn23)cn1. The van der Waals surface area contributed by atoms with Crippen molar-refractivity contribution in [3.8, 4) is 22.7 Å². The number of imidazole rings is 1. The highest BCUT2D eigenvalue weighted by atomic mass is 19.3. The van der Waals surface area contributed by atoms with Gasteiger partial charge in [-0.05, 0) is 69.3 Å². The van der Waals surface area contributed by atoms with Crippen LogP contribution in [0.25, 0.3) is 22.6 Å². The van der Waals surface area contributed by atoms with Gasteiger partial charge in [-0.15, -0.1) is 0 Å². The van der Waals surface area contributed by atoms with Crippen LogP contribution in [0.1, 0.15) is 53.1 Å². The van der Waals surface area contributed by atoms with Gasteiger partial charge in [0.05, 0.1) is 29.3 Å². The Hall–Kier alpha value is -3.86. The molecule has 1 aliphatic heterocycles. The Balaban J connectivity index is 1.37. The lowest BCUT2D eigenvalue weighted by Gasteiger charge is -2.25. The van der Waals surface area contributed by atoms with E-state index < -0.39 is 18.3 Å². The lowest BCUT2D eigenvalue weighted by molar-refractivity contribution is -0.0506. The Morgan fingerprint density at radius 2 is 1.92 bits per heavy atom. The monoisotopic (exact) mass is 524 g/mol. The molecular formula is C27H27F3N6O2. The summed E-state index contributed by atoms with van der Waals surface area (Å²) < 4.78 is 49.3. The quantitative estimate of drug-likeness (QED) is 0.369. The maximum absolute atomic E-state index is 14.6. The molecule has 1 amide bonds. The van der Waals surface area contributed by atoms with Crippen LogP contribution in [0.3, 0.4) is 0 Å². The van der Waals surface area contributed by atoms with Crippen molar-refractivity contribution >= 4 is 11.6 Å². The second kappa shape index (κ2) is 9.79. The topological polar surface area (TPSA) is 85.5 Å². The number of rotatable bonds is 7. The second-order valence-electron chi connectivity index (χ2n) is 9.91. The smallest absolute Gasteiger partial charge is 0.387 e. The minimum atomic E-state index is -2.93. The number of alkyl halides is 2. The molecule has 1 aromatic carbocycles. The molecule has 0 unspecified atom stereocenters. The van der Waals surface area contributed by atoms with Crippen LogP contribution in [-0.4, -0.2) is 50.8 Å². The van der Waals surface area contributed by atoms with Crippen LogP contribution in [0.5, 0.6) is 5.75 Å². The fourth-order valence-electron chi connectivity index (χ4n) is 5.03. The number of piperidine rings is 1. The van der Waals surface area contributed by atoms with Crippen LogP contribution < -0.4 is 15.4 Å². The number of nitrogens with one attached hydrogen (secondary N) is 2. The van der Waals surface area contributed by atoms with Gasteiger partial charge in [0.15, 0.2) is 0 Å². The van der Waals surface area contributed by atoms with E-state index in [1.54, 1.807) is 36.3 Å². The molecule has 2 N–H and O–H groups in total. The van der Waals surface area contributed by atoms with Crippen molar-refractivity contribution in [3.63, 3.8) is 0 Å². The predicted octanol–water partition coefficient (Wildman–Crippen LogP) is 4.60. The lowest BCUT2D eigenvalue weighted by Crippen LogP contribution is -2.27. The summed E-state index contributed by atoms with van der Waals surface area (Å²) in [4.78, 5) is 17.0. The number of aryl methyl sites for hydroxylation is 1. The molecule has 0 spiro atoms. The Morgan fingerprint density at radius 1 is 1.13 bits per heavy atom. The summed E-state index contributed by atoms with van der Waals surface area (Å²) in [5.74, 6) is -0.792. The minimum Gasteiger partial charge on any atom is -0.434 e. The normalized spacial score (nSPS) is 16.3. The van der Waals surface area contributed by atoms with Gasteiger partial charge < -0.3 is 15.4 Å². The van der Waals surface area contributed by atoms with Crippen molar-refractivity contribution < 1.29 is 22.7 Å². The van der Waals surface area contributed by atoms with Gasteiger partial charge >= 0.3 is 6.61 Å². The first-order chi connectivity index (χ1) is 18.4. The summed E-state index contributed by atoms with van der Waals surface area (Å²) in [5, 5.41) is 10.6. The van der Waals surface area contributed by atoms with Crippen LogP contribution in [-0.2, 0) is 0 Å². The van der Waals surface area contributed by atoms with E-state index in [1.807, 2.05) is 10.6 Å². The van der Waals surface area contributed by atoms with Crippen molar-refractivity contribution in [2.45, 2.75) is 51.2 Å². The Kier molecular flexibility index (Phi) is 6.30. The first-order valence-corrected chi connectivity index (χ1v) is 12.7. The lowest BCUT2D eigenvalue weighted by atomic mass is 9.90. The van der Waals surface area contributed by atoms with E-state index in [1.165, 1.54) is 12.1 Å². The van der Waals surface area contributed by atoms with Gasteiger partial charge in [0.25, 0.3) is 5.91 Å². The van der Waals surface area contributed by atoms with Gasteiger partial charge in [-0.25, -0.2) is 14.1 Å². The molecular weight excluding hydrogens is 497 g/mol. The summed E-state index contributed by atoms with van der Waals surface area (Å²) in [6, 6.07) is 4.51. The number of pyridine rings is 1. The molecule has 38 heavy (non-hydrogen) atoms. The van der Waals surface area contributed by atoms with Gasteiger partial charge in [0.1, 0.15) is 17.2 Å². The Bertz CT molecular complexity index is 1500. The van der Waals surface area contributed by atoms with Gasteiger partial charge in [-0.2, -0.15) is 13.9 Å². The van der Waals surface area contributed by atoms with Gasteiger partial charge in [-0.3, -0.25) is 9.20 Å². The molecule has 0 radical (unpaired) electrons. The number of carbonyl (C=O) groups excluding carboxylic acids is 1. The highest BCUT2D eigenvalue weighted by Gasteiger charge is 2.26. The van der Waals surface area contributed by atoms with E-state index in [2.05, 4.69) is 20.7 Å². The number of halogens is 3. The van der Waals surface area contributed by atoms with Gasteiger partial charge in [-0.1, -0.05) is 0 Å². The third kappa shape index (κ3) is 4.73. The van der Waals surface area contributed by atoms with Gasteiger partial charge in [0, 0.05) is 35.6 Å². The highest BCUT2D eigenvalue weighted by molar-refractivity contribution is 5.95. The largest absolute Gasteiger partial charge is 0.434 e. The third-order valence-corrected chi connectivity index (χ3v) is 7.20. The Morgan fingerprint density at radius 3 is 2.66 bits per heavy atom. The van der Waals surface area contributed by atoms with Crippen LogP contribution >= 0.6 is 0 Å². The maximum atomic E-state index is 14.6. The van der Waals surface area contributed by atoms with Crippen molar-refractivity contribution in [2.75, 3.05) is 13.1 Å². The van der Waals surface area contributed by atoms with E-state index in [4.69, 9.17) is 4.74 Å².